The van der Waals surface area contributed by atoms with Gasteiger partial charge in [0.2, 0.25) is 5.91 Å². The van der Waals surface area contributed by atoms with Crippen molar-refractivity contribution in [3.05, 3.63) is 48.6 Å². The van der Waals surface area contributed by atoms with Gasteiger partial charge in [0.1, 0.15) is 0 Å². The van der Waals surface area contributed by atoms with E-state index in [2.05, 4.69) is 49.5 Å². The van der Waals surface area contributed by atoms with E-state index in [1.54, 1.807) is 6.08 Å². The molecule has 57 heavy (non-hydrogen) atoms. The lowest BCUT2D eigenvalue weighted by atomic mass is 10.1. The quantitative estimate of drug-likeness (QED) is 0.0324. The third-order valence-electron chi connectivity index (χ3n) is 10.8. The molecule has 0 saturated carbocycles. The zero-order valence-corrected chi connectivity index (χ0v) is 37.6. The minimum Gasteiger partial charge on any atom is -0.466 e. The van der Waals surface area contributed by atoms with Gasteiger partial charge in [0, 0.05) is 12.8 Å². The Morgan fingerprint density at radius 3 is 1.39 bits per heavy atom. The molecule has 0 heterocycles. The maximum atomic E-state index is 12.3. The highest BCUT2D eigenvalue weighted by molar-refractivity contribution is 5.76. The van der Waals surface area contributed by atoms with Gasteiger partial charge in [-0.05, 0) is 77.0 Å². The van der Waals surface area contributed by atoms with Crippen LogP contribution in [0, 0.1) is 0 Å². The Labute approximate surface area is 353 Å². The van der Waals surface area contributed by atoms with Gasteiger partial charge in [0.15, 0.2) is 0 Å². The summed E-state index contributed by atoms with van der Waals surface area (Å²) in [5, 5.41) is 22.9. The molecule has 3 N–H and O–H groups in total. The van der Waals surface area contributed by atoms with Crippen molar-refractivity contribution in [2.75, 3.05) is 13.2 Å². The van der Waals surface area contributed by atoms with Gasteiger partial charge in [0.25, 0.3) is 0 Å². The summed E-state index contributed by atoms with van der Waals surface area (Å²) in [6, 6.07) is -0.671. The summed E-state index contributed by atoms with van der Waals surface area (Å²) < 4.78 is 5.44. The molecule has 6 heteroatoms. The number of esters is 1. The molecule has 0 aromatic carbocycles. The average Bonchev–Trinajstić information content (AvgIpc) is 3.21. The zero-order valence-electron chi connectivity index (χ0n) is 37.6. The van der Waals surface area contributed by atoms with Gasteiger partial charge in [-0.15, -0.1) is 0 Å². The van der Waals surface area contributed by atoms with E-state index in [9.17, 15) is 19.8 Å². The fraction of sp³-hybridized carbons (Fsp3) is 0.804. The zero-order chi connectivity index (χ0) is 41.5. The van der Waals surface area contributed by atoms with E-state index in [-0.39, 0.29) is 18.5 Å². The van der Waals surface area contributed by atoms with Gasteiger partial charge in [-0.3, -0.25) is 9.59 Å². The number of amides is 1. The topological polar surface area (TPSA) is 95.9 Å². The summed E-state index contributed by atoms with van der Waals surface area (Å²) in [6.07, 6.45) is 56.9. The van der Waals surface area contributed by atoms with Crippen LogP contribution in [0.3, 0.4) is 0 Å². The second-order valence-corrected chi connectivity index (χ2v) is 16.4. The molecule has 6 nitrogen and oxygen atoms in total. The van der Waals surface area contributed by atoms with Gasteiger partial charge in [-0.25, -0.2) is 0 Å². The SMILES string of the molecule is CCCCCCCCC/C=C\CCCCCCCC(=O)OCCCCCCCC/C=C\C/C=C\CCC(=O)NC(CO)C(O)/C=C/CCCCCCCCCCC. The lowest BCUT2D eigenvalue weighted by Crippen LogP contribution is -2.45. The minimum atomic E-state index is -0.878. The number of hydrogen-bond acceptors (Lipinski definition) is 5. The summed E-state index contributed by atoms with van der Waals surface area (Å²) in [6.45, 7) is 4.80. The lowest BCUT2D eigenvalue weighted by Gasteiger charge is -2.19. The first-order valence-electron chi connectivity index (χ1n) is 24.4. The second kappa shape index (κ2) is 46.5. The molecule has 0 aromatic heterocycles. The normalized spacial score (nSPS) is 13.1. The summed E-state index contributed by atoms with van der Waals surface area (Å²) in [5.74, 6) is -0.179. The van der Waals surface area contributed by atoms with Gasteiger partial charge < -0.3 is 20.3 Å². The van der Waals surface area contributed by atoms with Crippen LogP contribution in [0.1, 0.15) is 239 Å². The Balaban J connectivity index is 3.58. The Hall–Kier alpha value is -2.18. The summed E-state index contributed by atoms with van der Waals surface area (Å²) in [5.41, 5.74) is 0. The van der Waals surface area contributed by atoms with E-state index in [1.165, 1.54) is 154 Å². The van der Waals surface area contributed by atoms with E-state index in [0.29, 0.717) is 25.9 Å². The summed E-state index contributed by atoms with van der Waals surface area (Å²) in [7, 11) is 0. The number of aliphatic hydroxyl groups is 2. The molecular formula is C51H93NO5. The van der Waals surface area contributed by atoms with Crippen LogP contribution >= 0.6 is 0 Å². The van der Waals surface area contributed by atoms with Gasteiger partial charge in [-0.2, -0.15) is 0 Å². The number of nitrogens with one attached hydrogen (secondary N) is 1. The number of rotatable bonds is 44. The molecule has 2 unspecified atom stereocenters. The smallest absolute Gasteiger partial charge is 0.305 e. The molecule has 2 atom stereocenters. The first-order valence-corrected chi connectivity index (χ1v) is 24.4. The molecule has 0 aromatic rings. The Morgan fingerprint density at radius 1 is 0.491 bits per heavy atom. The summed E-state index contributed by atoms with van der Waals surface area (Å²) >= 11 is 0. The van der Waals surface area contributed by atoms with Crippen molar-refractivity contribution < 1.29 is 24.5 Å². The standard InChI is InChI=1S/C51H93NO5/c1-3-5-7-9-11-13-15-16-17-18-21-25-29-33-37-41-45-51(56)57-46-42-38-34-30-26-22-19-20-24-28-32-36-40-44-50(55)52-48(47-53)49(54)43-39-35-31-27-23-14-12-10-8-6-4-2/h17-18,20,24,32,36,39,43,48-49,53-54H,3-16,19,21-23,25-31,33-35,37-38,40-42,44-47H2,1-2H3,(H,52,55)/b18-17-,24-20-,36-32-,43-39+. The average molecular weight is 800 g/mol. The van der Waals surface area contributed by atoms with Crippen LogP contribution in [-0.4, -0.2) is 47.4 Å². The van der Waals surface area contributed by atoms with E-state index < -0.39 is 12.1 Å². The highest BCUT2D eigenvalue weighted by Gasteiger charge is 2.17. The number of aliphatic hydroxyl groups excluding tert-OH is 2. The lowest BCUT2D eigenvalue weighted by molar-refractivity contribution is -0.143. The van der Waals surface area contributed by atoms with Crippen molar-refractivity contribution in [3.63, 3.8) is 0 Å². The van der Waals surface area contributed by atoms with Crippen LogP contribution in [0.15, 0.2) is 48.6 Å². The number of carbonyl (C=O) groups excluding carboxylic acids is 2. The molecule has 0 fully saturated rings. The van der Waals surface area contributed by atoms with Crippen LogP contribution in [0.5, 0.6) is 0 Å². The van der Waals surface area contributed by atoms with Crippen molar-refractivity contribution in [2.24, 2.45) is 0 Å². The van der Waals surface area contributed by atoms with Crippen molar-refractivity contribution in [1.82, 2.24) is 5.32 Å². The van der Waals surface area contributed by atoms with Crippen molar-refractivity contribution in [3.8, 4) is 0 Å². The fourth-order valence-corrected chi connectivity index (χ4v) is 7.03. The Bertz CT molecular complexity index is 973. The van der Waals surface area contributed by atoms with E-state index in [0.717, 1.165) is 51.4 Å². The molecule has 0 rings (SSSR count). The molecule has 332 valence electrons. The third kappa shape index (κ3) is 43.2. The minimum absolute atomic E-state index is 0.0272. The number of allylic oxidation sites excluding steroid dienone is 7. The first-order chi connectivity index (χ1) is 28.0. The summed E-state index contributed by atoms with van der Waals surface area (Å²) in [4.78, 5) is 24.4. The molecule has 0 saturated heterocycles. The highest BCUT2D eigenvalue weighted by atomic mass is 16.5. The Kier molecular flexibility index (Phi) is 44.7. The predicted octanol–water partition coefficient (Wildman–Crippen LogP) is 14.3. The van der Waals surface area contributed by atoms with Crippen LogP contribution in [0.4, 0.5) is 0 Å². The molecule has 0 aliphatic heterocycles. The number of hydrogen-bond donors (Lipinski definition) is 3. The first kappa shape index (κ1) is 54.8. The molecule has 0 aliphatic rings. The van der Waals surface area contributed by atoms with Gasteiger partial charge in [0.05, 0.1) is 25.4 Å². The molecular weight excluding hydrogens is 707 g/mol. The van der Waals surface area contributed by atoms with Crippen LogP contribution in [0.25, 0.3) is 0 Å². The third-order valence-corrected chi connectivity index (χ3v) is 10.8. The van der Waals surface area contributed by atoms with Gasteiger partial charge in [-0.1, -0.05) is 197 Å². The van der Waals surface area contributed by atoms with Crippen molar-refractivity contribution >= 4 is 11.9 Å². The van der Waals surface area contributed by atoms with Crippen LogP contribution < -0.4 is 5.32 Å². The number of ether oxygens (including phenoxy) is 1. The maximum absolute atomic E-state index is 12.3. The van der Waals surface area contributed by atoms with Crippen molar-refractivity contribution in [2.45, 2.75) is 251 Å². The maximum Gasteiger partial charge on any atom is 0.305 e. The second-order valence-electron chi connectivity index (χ2n) is 16.4. The van der Waals surface area contributed by atoms with E-state index >= 15 is 0 Å². The van der Waals surface area contributed by atoms with Crippen molar-refractivity contribution in [1.29, 1.82) is 0 Å². The Morgan fingerprint density at radius 2 is 0.895 bits per heavy atom. The molecule has 0 bridgehead atoms. The fourth-order valence-electron chi connectivity index (χ4n) is 7.03. The van der Waals surface area contributed by atoms with E-state index in [1.807, 2.05) is 12.2 Å². The highest BCUT2D eigenvalue weighted by Crippen LogP contribution is 2.13. The monoisotopic (exact) mass is 800 g/mol. The molecule has 0 spiro atoms. The predicted molar refractivity (Wildman–Crippen MR) is 245 cm³/mol. The number of unbranched alkanes of at least 4 members (excludes halogenated alkanes) is 27. The van der Waals surface area contributed by atoms with Gasteiger partial charge >= 0.3 is 5.97 Å². The van der Waals surface area contributed by atoms with Crippen LogP contribution in [-0.2, 0) is 14.3 Å². The number of carbonyl (C=O) groups is 2. The molecule has 0 radical (unpaired) electrons. The largest absolute Gasteiger partial charge is 0.466 e. The molecule has 0 aliphatic carbocycles. The molecule has 1 amide bonds. The van der Waals surface area contributed by atoms with Crippen LogP contribution in [0.2, 0.25) is 0 Å². The van der Waals surface area contributed by atoms with E-state index in [4.69, 9.17) is 4.74 Å².